The van der Waals surface area contributed by atoms with E-state index < -0.39 is 5.97 Å². The van der Waals surface area contributed by atoms with Crippen LogP contribution in [0.2, 0.25) is 0 Å². The number of amides is 1. The van der Waals surface area contributed by atoms with E-state index in [-0.39, 0.29) is 11.7 Å². The third kappa shape index (κ3) is 6.07. The van der Waals surface area contributed by atoms with Crippen LogP contribution in [0.4, 0.5) is 0 Å². The van der Waals surface area contributed by atoms with Gasteiger partial charge in [0.25, 0.3) is 5.91 Å². The minimum absolute atomic E-state index is 0.270. The minimum Gasteiger partial charge on any atom is -0.494 e. The molecule has 1 N–H and O–H groups in total. The second-order valence-electron chi connectivity index (χ2n) is 6.44. The maximum Gasteiger partial charge on any atom is 0.343 e. The van der Waals surface area contributed by atoms with Crippen LogP contribution in [0.25, 0.3) is 0 Å². The molecule has 7 nitrogen and oxygen atoms in total. The monoisotopic (exact) mass is 544 g/mol. The maximum absolute atomic E-state index is 12.5. The zero-order valence-corrected chi connectivity index (χ0v) is 19.7. The van der Waals surface area contributed by atoms with Crippen LogP contribution >= 0.6 is 22.6 Å². The Bertz CT molecular complexity index is 1130. The standard InChI is InChI=1S/C24H21IN2O5/c1-3-31-18-11-9-17(10-12-18)24(29)32-21-13-8-16(14-22(21)30-2)15-26-27-23(28)19-6-4-5-7-20(19)25/h4-15H,3H2,1-2H3,(H,27,28). The van der Waals surface area contributed by atoms with Gasteiger partial charge in [0.15, 0.2) is 11.5 Å². The molecule has 0 saturated heterocycles. The summed E-state index contributed by atoms with van der Waals surface area (Å²) in [6.45, 7) is 2.44. The lowest BCUT2D eigenvalue weighted by Crippen LogP contribution is -2.18. The van der Waals surface area contributed by atoms with Crippen LogP contribution in [-0.4, -0.2) is 31.8 Å². The summed E-state index contributed by atoms with van der Waals surface area (Å²) in [6.07, 6.45) is 1.48. The number of esters is 1. The number of carbonyl (C=O) groups excluding carboxylic acids is 2. The first-order valence-corrected chi connectivity index (χ1v) is 10.8. The highest BCUT2D eigenvalue weighted by Gasteiger charge is 2.13. The molecule has 0 bridgehead atoms. The first-order chi connectivity index (χ1) is 15.5. The van der Waals surface area contributed by atoms with Gasteiger partial charge in [-0.3, -0.25) is 4.79 Å². The fourth-order valence-corrected chi connectivity index (χ4v) is 3.36. The van der Waals surface area contributed by atoms with E-state index in [1.165, 1.54) is 13.3 Å². The Morgan fingerprint density at radius 1 is 1.03 bits per heavy atom. The van der Waals surface area contributed by atoms with Crippen molar-refractivity contribution in [2.45, 2.75) is 6.92 Å². The largest absolute Gasteiger partial charge is 0.494 e. The first kappa shape index (κ1) is 23.3. The molecule has 3 aromatic carbocycles. The summed E-state index contributed by atoms with van der Waals surface area (Å²) in [5.74, 6) is 0.486. The van der Waals surface area contributed by atoms with Crippen LogP contribution in [0.15, 0.2) is 71.8 Å². The van der Waals surface area contributed by atoms with Gasteiger partial charge in [-0.25, -0.2) is 10.2 Å². The van der Waals surface area contributed by atoms with Crippen LogP contribution in [0.3, 0.4) is 0 Å². The topological polar surface area (TPSA) is 86.2 Å². The lowest BCUT2D eigenvalue weighted by atomic mass is 10.2. The number of benzene rings is 3. The molecule has 32 heavy (non-hydrogen) atoms. The predicted molar refractivity (Wildman–Crippen MR) is 130 cm³/mol. The fraction of sp³-hybridized carbons (Fsp3) is 0.125. The van der Waals surface area contributed by atoms with Gasteiger partial charge in [-0.1, -0.05) is 12.1 Å². The van der Waals surface area contributed by atoms with Crippen molar-refractivity contribution in [3.05, 3.63) is 87.0 Å². The van der Waals surface area contributed by atoms with Gasteiger partial charge < -0.3 is 14.2 Å². The molecule has 0 atom stereocenters. The third-order valence-corrected chi connectivity index (χ3v) is 5.23. The Morgan fingerprint density at radius 2 is 1.78 bits per heavy atom. The number of hydrogen-bond donors (Lipinski definition) is 1. The second kappa shape index (κ2) is 11.3. The van der Waals surface area contributed by atoms with Gasteiger partial charge in [0.2, 0.25) is 0 Å². The molecule has 164 valence electrons. The molecule has 0 unspecified atom stereocenters. The Labute approximate surface area is 199 Å². The molecule has 0 aromatic heterocycles. The van der Waals surface area contributed by atoms with Gasteiger partial charge >= 0.3 is 5.97 Å². The van der Waals surface area contributed by atoms with E-state index in [4.69, 9.17) is 14.2 Å². The maximum atomic E-state index is 12.5. The highest BCUT2D eigenvalue weighted by Crippen LogP contribution is 2.28. The minimum atomic E-state index is -0.516. The molecule has 0 aliphatic carbocycles. The highest BCUT2D eigenvalue weighted by molar-refractivity contribution is 14.1. The Morgan fingerprint density at radius 3 is 2.47 bits per heavy atom. The molecule has 0 aliphatic rings. The van der Waals surface area contributed by atoms with Gasteiger partial charge in [-0.2, -0.15) is 5.10 Å². The molecule has 0 saturated carbocycles. The molecule has 0 fully saturated rings. The van der Waals surface area contributed by atoms with Crippen LogP contribution in [-0.2, 0) is 0 Å². The summed E-state index contributed by atoms with van der Waals surface area (Å²) < 4.78 is 17.0. The Hall–Kier alpha value is -3.40. The van der Waals surface area contributed by atoms with Crippen molar-refractivity contribution < 1.29 is 23.8 Å². The summed E-state index contributed by atoms with van der Waals surface area (Å²) in [6, 6.07) is 18.9. The number of hydrogen-bond acceptors (Lipinski definition) is 6. The number of halogens is 1. The molecule has 0 aliphatic heterocycles. The summed E-state index contributed by atoms with van der Waals surface area (Å²) in [5, 5.41) is 3.99. The van der Waals surface area contributed by atoms with Crippen LogP contribution < -0.4 is 19.6 Å². The summed E-state index contributed by atoms with van der Waals surface area (Å²) in [7, 11) is 1.48. The molecule has 0 heterocycles. The predicted octanol–water partition coefficient (Wildman–Crippen LogP) is 4.68. The zero-order chi connectivity index (χ0) is 22.9. The van der Waals surface area contributed by atoms with Crippen molar-refractivity contribution in [3.63, 3.8) is 0 Å². The molecular formula is C24H21IN2O5. The molecule has 3 aromatic rings. The van der Waals surface area contributed by atoms with Crippen LogP contribution in [0.1, 0.15) is 33.2 Å². The second-order valence-corrected chi connectivity index (χ2v) is 7.60. The van der Waals surface area contributed by atoms with E-state index in [9.17, 15) is 9.59 Å². The molecule has 0 spiro atoms. The molecular weight excluding hydrogens is 523 g/mol. The van der Waals surface area contributed by atoms with Crippen molar-refractivity contribution in [1.82, 2.24) is 5.43 Å². The smallest absolute Gasteiger partial charge is 0.343 e. The van der Waals surface area contributed by atoms with E-state index in [0.29, 0.717) is 34.8 Å². The van der Waals surface area contributed by atoms with Crippen LogP contribution in [0.5, 0.6) is 17.2 Å². The van der Waals surface area contributed by atoms with E-state index in [0.717, 1.165) is 3.57 Å². The first-order valence-electron chi connectivity index (χ1n) is 9.72. The summed E-state index contributed by atoms with van der Waals surface area (Å²) in [5.41, 5.74) is 4.08. The number of rotatable bonds is 8. The molecule has 0 radical (unpaired) electrons. The Balaban J connectivity index is 1.66. The number of carbonyl (C=O) groups is 2. The fourth-order valence-electron chi connectivity index (χ4n) is 2.73. The average Bonchev–Trinajstić information content (AvgIpc) is 2.80. The van der Waals surface area contributed by atoms with Crippen molar-refractivity contribution in [1.29, 1.82) is 0 Å². The third-order valence-electron chi connectivity index (χ3n) is 4.29. The Kier molecular flexibility index (Phi) is 8.20. The summed E-state index contributed by atoms with van der Waals surface area (Å²) >= 11 is 2.09. The van der Waals surface area contributed by atoms with E-state index in [1.807, 2.05) is 19.1 Å². The van der Waals surface area contributed by atoms with Crippen molar-refractivity contribution >= 4 is 40.7 Å². The van der Waals surface area contributed by atoms with Gasteiger partial charge in [0.1, 0.15) is 5.75 Å². The van der Waals surface area contributed by atoms with Crippen molar-refractivity contribution in [3.8, 4) is 17.2 Å². The van der Waals surface area contributed by atoms with Gasteiger partial charge in [-0.15, -0.1) is 0 Å². The number of ether oxygens (including phenoxy) is 3. The summed E-state index contributed by atoms with van der Waals surface area (Å²) in [4.78, 5) is 24.7. The lowest BCUT2D eigenvalue weighted by Gasteiger charge is -2.10. The number of nitrogens with zero attached hydrogens (tertiary/aromatic N) is 1. The zero-order valence-electron chi connectivity index (χ0n) is 17.5. The van der Waals surface area contributed by atoms with E-state index in [1.54, 1.807) is 54.6 Å². The van der Waals surface area contributed by atoms with Gasteiger partial charge in [-0.05, 0) is 89.7 Å². The number of hydrazone groups is 1. The highest BCUT2D eigenvalue weighted by atomic mass is 127. The van der Waals surface area contributed by atoms with E-state index >= 15 is 0 Å². The normalized spacial score (nSPS) is 10.6. The quantitative estimate of drug-likeness (QED) is 0.146. The van der Waals surface area contributed by atoms with Gasteiger partial charge in [0, 0.05) is 3.57 Å². The van der Waals surface area contributed by atoms with E-state index in [2.05, 4.69) is 33.1 Å². The average molecular weight is 544 g/mol. The van der Waals surface area contributed by atoms with Crippen LogP contribution in [0, 0.1) is 3.57 Å². The van der Waals surface area contributed by atoms with Gasteiger partial charge in [0.05, 0.1) is 31.1 Å². The number of nitrogens with one attached hydrogen (secondary N) is 1. The molecule has 1 amide bonds. The molecule has 3 rings (SSSR count). The molecule has 8 heteroatoms. The number of methoxy groups -OCH3 is 1. The van der Waals surface area contributed by atoms with Crippen molar-refractivity contribution in [2.75, 3.05) is 13.7 Å². The lowest BCUT2D eigenvalue weighted by molar-refractivity contribution is 0.0729. The SMILES string of the molecule is CCOc1ccc(C(=O)Oc2ccc(C=NNC(=O)c3ccccc3I)cc2OC)cc1. The van der Waals surface area contributed by atoms with Crippen molar-refractivity contribution in [2.24, 2.45) is 5.10 Å².